The van der Waals surface area contributed by atoms with Crippen LogP contribution >= 0.6 is 0 Å². The fourth-order valence-electron chi connectivity index (χ4n) is 2.09. The van der Waals surface area contributed by atoms with E-state index in [9.17, 15) is 4.79 Å². The number of ether oxygens (including phenoxy) is 3. The van der Waals surface area contributed by atoms with Gasteiger partial charge in [0, 0.05) is 13.1 Å². The highest BCUT2D eigenvalue weighted by molar-refractivity contribution is 5.66. The van der Waals surface area contributed by atoms with Crippen LogP contribution in [0.15, 0.2) is 12.1 Å². The summed E-state index contributed by atoms with van der Waals surface area (Å²) in [6, 6.07) is 3.76. The number of benzene rings is 1. The summed E-state index contributed by atoms with van der Waals surface area (Å²) < 4.78 is 15.9. The molecule has 0 heterocycles. The van der Waals surface area contributed by atoms with E-state index in [1.807, 2.05) is 19.1 Å². The number of carboxylic acid groups (broad SMARTS) is 1. The van der Waals surface area contributed by atoms with Crippen molar-refractivity contribution in [2.45, 2.75) is 19.9 Å². The van der Waals surface area contributed by atoms with Crippen LogP contribution in [0.4, 0.5) is 0 Å². The SMILES string of the molecule is CCN(CCC(=O)O)Cc1cc(OC)c(OC)c(OC)c1. The van der Waals surface area contributed by atoms with Crippen molar-refractivity contribution < 1.29 is 24.1 Å². The Hall–Kier alpha value is -1.95. The molecule has 118 valence electrons. The number of methoxy groups -OCH3 is 3. The van der Waals surface area contributed by atoms with Gasteiger partial charge in [0.1, 0.15) is 0 Å². The summed E-state index contributed by atoms with van der Waals surface area (Å²) in [5.74, 6) is 0.956. The van der Waals surface area contributed by atoms with E-state index in [-0.39, 0.29) is 6.42 Å². The highest BCUT2D eigenvalue weighted by Crippen LogP contribution is 2.38. The van der Waals surface area contributed by atoms with Gasteiger partial charge in [0.05, 0.1) is 27.8 Å². The average molecular weight is 297 g/mol. The molecule has 0 spiro atoms. The van der Waals surface area contributed by atoms with Crippen molar-refractivity contribution in [1.82, 2.24) is 4.90 Å². The van der Waals surface area contributed by atoms with Crippen LogP contribution in [0.1, 0.15) is 18.9 Å². The van der Waals surface area contributed by atoms with Gasteiger partial charge in [0.15, 0.2) is 11.5 Å². The zero-order valence-electron chi connectivity index (χ0n) is 13.0. The average Bonchev–Trinajstić information content (AvgIpc) is 2.49. The van der Waals surface area contributed by atoms with Crippen LogP contribution in [-0.4, -0.2) is 50.4 Å². The van der Waals surface area contributed by atoms with Crippen LogP contribution in [-0.2, 0) is 11.3 Å². The standard InChI is InChI=1S/C15H23NO5/c1-5-16(7-6-14(17)18)10-11-8-12(19-2)15(21-4)13(9-11)20-3/h8-9H,5-7,10H2,1-4H3,(H,17,18). The van der Waals surface area contributed by atoms with Crippen molar-refractivity contribution in [1.29, 1.82) is 0 Å². The van der Waals surface area contributed by atoms with Crippen LogP contribution in [0.3, 0.4) is 0 Å². The second-order valence-electron chi connectivity index (χ2n) is 4.55. The number of aliphatic carboxylic acids is 1. The van der Waals surface area contributed by atoms with Crippen LogP contribution in [0.2, 0.25) is 0 Å². The molecule has 0 saturated carbocycles. The molecule has 6 nitrogen and oxygen atoms in total. The number of hydrogen-bond donors (Lipinski definition) is 1. The zero-order chi connectivity index (χ0) is 15.8. The summed E-state index contributed by atoms with van der Waals surface area (Å²) in [6.45, 7) is 3.90. The second-order valence-corrected chi connectivity index (χ2v) is 4.55. The summed E-state index contributed by atoms with van der Waals surface area (Å²) >= 11 is 0. The summed E-state index contributed by atoms with van der Waals surface area (Å²) in [5.41, 5.74) is 0.983. The number of carbonyl (C=O) groups is 1. The summed E-state index contributed by atoms with van der Waals surface area (Å²) in [4.78, 5) is 12.7. The van der Waals surface area contributed by atoms with Gasteiger partial charge < -0.3 is 19.3 Å². The molecule has 1 aromatic rings. The van der Waals surface area contributed by atoms with Gasteiger partial charge in [-0.1, -0.05) is 6.92 Å². The molecule has 0 aliphatic carbocycles. The maximum Gasteiger partial charge on any atom is 0.304 e. The Morgan fingerprint density at radius 1 is 1.14 bits per heavy atom. The number of carboxylic acids is 1. The van der Waals surface area contributed by atoms with Gasteiger partial charge in [-0.15, -0.1) is 0 Å². The summed E-state index contributed by atoms with van der Waals surface area (Å²) in [7, 11) is 4.71. The summed E-state index contributed by atoms with van der Waals surface area (Å²) in [6.07, 6.45) is 0.123. The maximum atomic E-state index is 10.7. The summed E-state index contributed by atoms with van der Waals surface area (Å²) in [5, 5.41) is 8.77. The van der Waals surface area contributed by atoms with Gasteiger partial charge >= 0.3 is 5.97 Å². The third kappa shape index (κ3) is 4.82. The van der Waals surface area contributed by atoms with E-state index in [0.717, 1.165) is 12.1 Å². The molecule has 0 aliphatic rings. The van der Waals surface area contributed by atoms with E-state index in [1.54, 1.807) is 21.3 Å². The Labute approximate surface area is 125 Å². The fraction of sp³-hybridized carbons (Fsp3) is 0.533. The van der Waals surface area contributed by atoms with Gasteiger partial charge in [-0.3, -0.25) is 9.69 Å². The fourth-order valence-corrected chi connectivity index (χ4v) is 2.09. The Morgan fingerprint density at radius 3 is 2.10 bits per heavy atom. The molecule has 0 unspecified atom stereocenters. The van der Waals surface area contributed by atoms with Crippen molar-refractivity contribution in [3.63, 3.8) is 0 Å². The minimum atomic E-state index is -0.793. The quantitative estimate of drug-likeness (QED) is 0.752. The molecule has 21 heavy (non-hydrogen) atoms. The number of hydrogen-bond acceptors (Lipinski definition) is 5. The van der Waals surface area contributed by atoms with Crippen LogP contribution < -0.4 is 14.2 Å². The van der Waals surface area contributed by atoms with Crippen LogP contribution in [0, 0.1) is 0 Å². The first-order valence-corrected chi connectivity index (χ1v) is 6.78. The van der Waals surface area contributed by atoms with Crippen LogP contribution in [0.5, 0.6) is 17.2 Å². The van der Waals surface area contributed by atoms with E-state index < -0.39 is 5.97 Å². The Bertz CT molecular complexity index is 450. The monoisotopic (exact) mass is 297 g/mol. The predicted molar refractivity (Wildman–Crippen MR) is 79.3 cm³/mol. The molecule has 0 aromatic heterocycles. The first-order valence-electron chi connectivity index (χ1n) is 6.78. The van der Waals surface area contributed by atoms with Gasteiger partial charge in [0.25, 0.3) is 0 Å². The molecule has 0 aliphatic heterocycles. The molecule has 0 saturated heterocycles. The Kier molecular flexibility index (Phi) is 6.81. The van der Waals surface area contributed by atoms with Gasteiger partial charge in [-0.05, 0) is 24.2 Å². The highest BCUT2D eigenvalue weighted by atomic mass is 16.5. The lowest BCUT2D eigenvalue weighted by molar-refractivity contribution is -0.137. The van der Waals surface area contributed by atoms with Crippen molar-refractivity contribution >= 4 is 5.97 Å². The van der Waals surface area contributed by atoms with E-state index in [0.29, 0.717) is 30.3 Å². The molecule has 1 rings (SSSR count). The van der Waals surface area contributed by atoms with Gasteiger partial charge in [0.2, 0.25) is 5.75 Å². The van der Waals surface area contributed by atoms with E-state index in [4.69, 9.17) is 19.3 Å². The maximum absolute atomic E-state index is 10.7. The Balaban J connectivity index is 2.93. The molecule has 6 heteroatoms. The third-order valence-corrected chi connectivity index (χ3v) is 3.22. The smallest absolute Gasteiger partial charge is 0.304 e. The predicted octanol–water partition coefficient (Wildman–Crippen LogP) is 2.01. The number of rotatable bonds is 9. The Morgan fingerprint density at radius 2 is 1.71 bits per heavy atom. The highest BCUT2D eigenvalue weighted by Gasteiger charge is 2.15. The van der Waals surface area contributed by atoms with E-state index in [2.05, 4.69) is 4.90 Å². The molecular formula is C15H23NO5. The van der Waals surface area contributed by atoms with Crippen molar-refractivity contribution in [3.05, 3.63) is 17.7 Å². The van der Waals surface area contributed by atoms with E-state index >= 15 is 0 Å². The first kappa shape index (κ1) is 17.1. The first-order chi connectivity index (χ1) is 10.0. The largest absolute Gasteiger partial charge is 0.493 e. The topological polar surface area (TPSA) is 68.2 Å². The molecular weight excluding hydrogens is 274 g/mol. The lowest BCUT2D eigenvalue weighted by atomic mass is 10.1. The minimum Gasteiger partial charge on any atom is -0.493 e. The van der Waals surface area contributed by atoms with Gasteiger partial charge in [-0.2, -0.15) is 0 Å². The molecule has 0 fully saturated rings. The van der Waals surface area contributed by atoms with Crippen molar-refractivity contribution in [2.75, 3.05) is 34.4 Å². The molecule has 0 radical (unpaired) electrons. The lowest BCUT2D eigenvalue weighted by Gasteiger charge is -2.21. The number of nitrogens with zero attached hydrogens (tertiary/aromatic N) is 1. The zero-order valence-corrected chi connectivity index (χ0v) is 13.0. The molecule has 0 bridgehead atoms. The third-order valence-electron chi connectivity index (χ3n) is 3.22. The molecule has 1 N–H and O–H groups in total. The van der Waals surface area contributed by atoms with Crippen molar-refractivity contribution in [2.24, 2.45) is 0 Å². The second kappa shape index (κ2) is 8.36. The van der Waals surface area contributed by atoms with E-state index in [1.165, 1.54) is 0 Å². The molecule has 1 aromatic carbocycles. The molecule has 0 amide bonds. The minimum absolute atomic E-state index is 0.123. The van der Waals surface area contributed by atoms with Crippen LogP contribution in [0.25, 0.3) is 0 Å². The normalized spacial score (nSPS) is 10.5. The molecule has 0 atom stereocenters. The van der Waals surface area contributed by atoms with Crippen molar-refractivity contribution in [3.8, 4) is 17.2 Å². The van der Waals surface area contributed by atoms with Gasteiger partial charge in [-0.25, -0.2) is 0 Å². The lowest BCUT2D eigenvalue weighted by Crippen LogP contribution is -2.25.